The predicted molar refractivity (Wildman–Crippen MR) is 55.0 cm³/mol. The second-order valence-electron chi connectivity index (χ2n) is 4.73. The van der Waals surface area contributed by atoms with Gasteiger partial charge in [0.15, 0.2) is 5.96 Å². The molecule has 1 heterocycles. The van der Waals surface area contributed by atoms with Crippen LogP contribution in [0.2, 0.25) is 0 Å². The molecule has 2 fully saturated rings. The molecule has 14 heavy (non-hydrogen) atoms. The zero-order valence-electron chi connectivity index (χ0n) is 8.50. The Kier molecular flexibility index (Phi) is 2.39. The van der Waals surface area contributed by atoms with Crippen LogP contribution in [0.5, 0.6) is 0 Å². The van der Waals surface area contributed by atoms with Crippen LogP contribution in [0.25, 0.3) is 0 Å². The molecule has 2 aliphatic rings. The minimum Gasteiger partial charge on any atom is -0.396 e. The number of rotatable bonds is 1. The highest BCUT2D eigenvalue weighted by molar-refractivity contribution is 5.75. The normalized spacial score (nSPS) is 36.9. The molecule has 1 saturated carbocycles. The predicted octanol–water partition coefficient (Wildman–Crippen LogP) is 0.364. The topological polar surface area (TPSA) is 73.3 Å². The molecule has 1 saturated heterocycles. The van der Waals surface area contributed by atoms with Gasteiger partial charge in [-0.3, -0.25) is 5.41 Å². The number of guanidine groups is 1. The van der Waals surface area contributed by atoms with E-state index < -0.39 is 0 Å². The maximum Gasteiger partial charge on any atom is 0.188 e. The first-order valence-corrected chi connectivity index (χ1v) is 5.38. The van der Waals surface area contributed by atoms with E-state index in [1.165, 1.54) is 19.3 Å². The Bertz CT molecular complexity index is 244. The molecule has 0 aromatic rings. The zero-order valence-corrected chi connectivity index (χ0v) is 8.50. The molecule has 4 N–H and O–H groups in total. The smallest absolute Gasteiger partial charge is 0.188 e. The van der Waals surface area contributed by atoms with E-state index in [0.29, 0.717) is 5.92 Å². The summed E-state index contributed by atoms with van der Waals surface area (Å²) >= 11 is 0. The van der Waals surface area contributed by atoms with Gasteiger partial charge in [-0.05, 0) is 18.8 Å². The van der Waals surface area contributed by atoms with E-state index in [1.807, 2.05) is 4.90 Å². The number of nitrogens with two attached hydrogens (primary N) is 1. The molecule has 2 rings (SSSR count). The molecule has 4 heteroatoms. The van der Waals surface area contributed by atoms with E-state index in [-0.39, 0.29) is 18.0 Å². The highest BCUT2D eigenvalue weighted by Gasteiger charge is 2.47. The number of hydrogen-bond acceptors (Lipinski definition) is 2. The molecule has 2 atom stereocenters. The summed E-state index contributed by atoms with van der Waals surface area (Å²) in [5.74, 6) is 0.706. The van der Waals surface area contributed by atoms with Crippen molar-refractivity contribution in [3.8, 4) is 0 Å². The Balaban J connectivity index is 2.14. The molecule has 1 aliphatic heterocycles. The van der Waals surface area contributed by atoms with Crippen LogP contribution in [0.1, 0.15) is 25.7 Å². The lowest BCUT2D eigenvalue weighted by atomic mass is 9.69. The van der Waals surface area contributed by atoms with Crippen molar-refractivity contribution < 1.29 is 5.11 Å². The van der Waals surface area contributed by atoms with Gasteiger partial charge in [0.2, 0.25) is 0 Å². The molecule has 0 spiro atoms. The van der Waals surface area contributed by atoms with Crippen LogP contribution in [0, 0.1) is 16.7 Å². The van der Waals surface area contributed by atoms with E-state index in [2.05, 4.69) is 0 Å². The third kappa shape index (κ3) is 1.38. The van der Waals surface area contributed by atoms with E-state index in [1.54, 1.807) is 0 Å². The molecule has 0 amide bonds. The quantitative estimate of drug-likeness (QED) is 0.420. The minimum absolute atomic E-state index is 0.0456. The van der Waals surface area contributed by atoms with Gasteiger partial charge in [0.1, 0.15) is 0 Å². The molecular formula is C10H19N3O. The number of aliphatic hydroxyl groups is 1. The number of nitrogens with one attached hydrogen (secondary N) is 1. The zero-order chi connectivity index (χ0) is 10.2. The number of fused-ring (bicyclic) bond motifs is 1. The van der Waals surface area contributed by atoms with Gasteiger partial charge in [-0.25, -0.2) is 0 Å². The van der Waals surface area contributed by atoms with Crippen molar-refractivity contribution in [1.29, 1.82) is 5.41 Å². The fraction of sp³-hybridized carbons (Fsp3) is 0.900. The maximum atomic E-state index is 9.51. The molecule has 0 radical (unpaired) electrons. The summed E-state index contributed by atoms with van der Waals surface area (Å²) in [6.45, 7) is 1.90. The summed E-state index contributed by atoms with van der Waals surface area (Å²) < 4.78 is 0. The summed E-state index contributed by atoms with van der Waals surface area (Å²) in [5.41, 5.74) is 5.54. The summed E-state index contributed by atoms with van der Waals surface area (Å²) in [5, 5.41) is 16.9. The number of aliphatic hydroxyl groups excluding tert-OH is 1. The lowest BCUT2D eigenvalue weighted by Crippen LogP contribution is -2.39. The van der Waals surface area contributed by atoms with Gasteiger partial charge in [0.25, 0.3) is 0 Å². The lowest BCUT2D eigenvalue weighted by Gasteiger charge is -2.36. The van der Waals surface area contributed by atoms with Crippen molar-refractivity contribution in [1.82, 2.24) is 4.90 Å². The maximum absolute atomic E-state index is 9.51. The van der Waals surface area contributed by atoms with Crippen LogP contribution in [0.3, 0.4) is 0 Å². The van der Waals surface area contributed by atoms with Crippen LogP contribution in [-0.4, -0.2) is 35.7 Å². The lowest BCUT2D eigenvalue weighted by molar-refractivity contribution is 0.0602. The molecule has 80 valence electrons. The van der Waals surface area contributed by atoms with Crippen molar-refractivity contribution in [2.45, 2.75) is 25.7 Å². The van der Waals surface area contributed by atoms with Crippen LogP contribution in [-0.2, 0) is 0 Å². The third-order valence-corrected chi connectivity index (χ3v) is 3.95. The molecule has 0 aromatic carbocycles. The molecule has 0 bridgehead atoms. The van der Waals surface area contributed by atoms with Gasteiger partial charge in [-0.2, -0.15) is 0 Å². The van der Waals surface area contributed by atoms with Crippen molar-refractivity contribution in [2.24, 2.45) is 17.1 Å². The first kappa shape index (κ1) is 9.77. The Hall–Kier alpha value is -0.770. The Morgan fingerprint density at radius 1 is 1.57 bits per heavy atom. The summed E-state index contributed by atoms with van der Waals surface area (Å²) in [6.07, 6.45) is 4.75. The number of nitrogens with zero attached hydrogens (tertiary/aromatic N) is 1. The molecule has 4 nitrogen and oxygen atoms in total. The third-order valence-electron chi connectivity index (χ3n) is 3.95. The van der Waals surface area contributed by atoms with Crippen molar-refractivity contribution in [2.75, 3.05) is 19.7 Å². The van der Waals surface area contributed by atoms with E-state index >= 15 is 0 Å². The fourth-order valence-electron chi connectivity index (χ4n) is 3.02. The van der Waals surface area contributed by atoms with Crippen LogP contribution in [0.4, 0.5) is 0 Å². The first-order chi connectivity index (χ1) is 6.68. The number of hydrogen-bond donors (Lipinski definition) is 3. The Morgan fingerprint density at radius 2 is 2.36 bits per heavy atom. The van der Waals surface area contributed by atoms with Crippen LogP contribution >= 0.6 is 0 Å². The van der Waals surface area contributed by atoms with Gasteiger partial charge in [-0.1, -0.05) is 12.8 Å². The molecule has 0 unspecified atom stereocenters. The highest BCUT2D eigenvalue weighted by Crippen LogP contribution is 2.46. The molecule has 0 aromatic heterocycles. The van der Waals surface area contributed by atoms with Crippen molar-refractivity contribution >= 4 is 5.96 Å². The van der Waals surface area contributed by atoms with Gasteiger partial charge in [-0.15, -0.1) is 0 Å². The summed E-state index contributed by atoms with van der Waals surface area (Å²) in [7, 11) is 0. The van der Waals surface area contributed by atoms with E-state index in [4.69, 9.17) is 11.1 Å². The monoisotopic (exact) mass is 197 g/mol. The van der Waals surface area contributed by atoms with Crippen LogP contribution < -0.4 is 5.73 Å². The van der Waals surface area contributed by atoms with E-state index in [9.17, 15) is 5.11 Å². The number of likely N-dealkylation sites (tertiary alicyclic amines) is 1. The average Bonchev–Trinajstić information content (AvgIpc) is 2.57. The largest absolute Gasteiger partial charge is 0.396 e. The highest BCUT2D eigenvalue weighted by atomic mass is 16.3. The Labute approximate surface area is 84.6 Å². The van der Waals surface area contributed by atoms with E-state index in [0.717, 1.165) is 19.5 Å². The van der Waals surface area contributed by atoms with Crippen molar-refractivity contribution in [3.63, 3.8) is 0 Å². The second kappa shape index (κ2) is 3.42. The fourth-order valence-corrected chi connectivity index (χ4v) is 3.02. The molecular weight excluding hydrogens is 178 g/mol. The SMILES string of the molecule is N=C(N)N1C[C@H]2CCCC[C@]2(CO)C1. The standard InChI is InChI=1S/C10H19N3O/c11-9(12)13-5-8-3-1-2-4-10(8,6-13)7-14/h8,14H,1-7H2,(H3,11,12)/t8-,10-/m1/s1. The van der Waals surface area contributed by atoms with Gasteiger partial charge >= 0.3 is 0 Å². The van der Waals surface area contributed by atoms with Gasteiger partial charge in [0, 0.05) is 18.5 Å². The Morgan fingerprint density at radius 3 is 2.93 bits per heavy atom. The second-order valence-corrected chi connectivity index (χ2v) is 4.73. The van der Waals surface area contributed by atoms with Gasteiger partial charge < -0.3 is 15.7 Å². The average molecular weight is 197 g/mol. The van der Waals surface area contributed by atoms with Gasteiger partial charge in [0.05, 0.1) is 6.61 Å². The van der Waals surface area contributed by atoms with Crippen molar-refractivity contribution in [3.05, 3.63) is 0 Å². The summed E-state index contributed by atoms with van der Waals surface area (Å²) in [6, 6.07) is 0. The van der Waals surface area contributed by atoms with Crippen LogP contribution in [0.15, 0.2) is 0 Å². The first-order valence-electron chi connectivity index (χ1n) is 5.38. The minimum atomic E-state index is 0.0456. The summed E-state index contributed by atoms with van der Waals surface area (Å²) in [4.78, 5) is 1.91. The molecule has 1 aliphatic carbocycles.